The van der Waals surface area contributed by atoms with E-state index in [1.54, 1.807) is 18.2 Å². The molecule has 3 aromatic rings. The average Bonchev–Trinajstić information content (AvgIpc) is 2.62. The standard InChI is InChI=1S/C18H12F3N3O3/c19-18(20,21)27-14-7-3-11(4-8-14)15-9-10-22-17(24-15)23-13-5-1-12(2-6-13)16(25)26/h1-10H,(H,25,26)(H,22,23,24). The molecule has 0 aliphatic rings. The van der Waals surface area contributed by atoms with Crippen molar-refractivity contribution >= 4 is 17.6 Å². The maximum atomic E-state index is 12.2. The van der Waals surface area contributed by atoms with E-state index in [2.05, 4.69) is 20.0 Å². The Bertz CT molecular complexity index is 943. The molecule has 0 bridgehead atoms. The van der Waals surface area contributed by atoms with Gasteiger partial charge in [-0.3, -0.25) is 0 Å². The van der Waals surface area contributed by atoms with Crippen LogP contribution in [0, 0.1) is 0 Å². The first-order chi connectivity index (χ1) is 12.8. The lowest BCUT2D eigenvalue weighted by Crippen LogP contribution is -2.16. The second-order valence-corrected chi connectivity index (χ2v) is 5.35. The Morgan fingerprint density at radius 1 is 1.00 bits per heavy atom. The molecule has 0 spiro atoms. The van der Waals surface area contributed by atoms with Crippen LogP contribution in [0.5, 0.6) is 5.75 Å². The van der Waals surface area contributed by atoms with E-state index in [-0.39, 0.29) is 17.3 Å². The molecule has 0 amide bonds. The quantitative estimate of drug-likeness (QED) is 0.684. The summed E-state index contributed by atoms with van der Waals surface area (Å²) >= 11 is 0. The molecule has 0 saturated heterocycles. The summed E-state index contributed by atoms with van der Waals surface area (Å²) in [6.07, 6.45) is -3.25. The second-order valence-electron chi connectivity index (χ2n) is 5.35. The topological polar surface area (TPSA) is 84.3 Å². The average molecular weight is 375 g/mol. The minimum Gasteiger partial charge on any atom is -0.478 e. The van der Waals surface area contributed by atoms with Gasteiger partial charge in [0.25, 0.3) is 0 Å². The Balaban J connectivity index is 1.76. The van der Waals surface area contributed by atoms with E-state index < -0.39 is 12.3 Å². The molecule has 1 aromatic heterocycles. The number of carbonyl (C=O) groups is 1. The normalized spacial score (nSPS) is 11.1. The first kappa shape index (κ1) is 18.2. The highest BCUT2D eigenvalue weighted by Gasteiger charge is 2.30. The van der Waals surface area contributed by atoms with E-state index in [0.29, 0.717) is 16.9 Å². The Kier molecular flexibility index (Phi) is 4.93. The number of hydrogen-bond acceptors (Lipinski definition) is 5. The van der Waals surface area contributed by atoms with Gasteiger partial charge in [0.1, 0.15) is 5.75 Å². The van der Waals surface area contributed by atoms with E-state index >= 15 is 0 Å². The van der Waals surface area contributed by atoms with Gasteiger partial charge in [-0.1, -0.05) is 0 Å². The summed E-state index contributed by atoms with van der Waals surface area (Å²) in [5, 5.41) is 11.8. The molecule has 6 nitrogen and oxygen atoms in total. The molecule has 9 heteroatoms. The Morgan fingerprint density at radius 2 is 1.67 bits per heavy atom. The van der Waals surface area contributed by atoms with E-state index in [9.17, 15) is 18.0 Å². The van der Waals surface area contributed by atoms with Crippen LogP contribution in [-0.4, -0.2) is 27.4 Å². The van der Waals surface area contributed by atoms with Crippen LogP contribution in [-0.2, 0) is 0 Å². The number of carboxylic acids is 1. The number of anilines is 2. The summed E-state index contributed by atoms with van der Waals surface area (Å²) in [4.78, 5) is 19.2. The number of nitrogens with zero attached hydrogens (tertiary/aromatic N) is 2. The minimum absolute atomic E-state index is 0.149. The maximum absolute atomic E-state index is 12.2. The van der Waals surface area contributed by atoms with Crippen molar-refractivity contribution in [2.75, 3.05) is 5.32 Å². The molecule has 1 heterocycles. The van der Waals surface area contributed by atoms with E-state index in [1.165, 1.54) is 42.6 Å². The summed E-state index contributed by atoms with van der Waals surface area (Å²) < 4.78 is 40.5. The van der Waals surface area contributed by atoms with Gasteiger partial charge in [0.15, 0.2) is 0 Å². The highest BCUT2D eigenvalue weighted by Crippen LogP contribution is 2.26. The van der Waals surface area contributed by atoms with Gasteiger partial charge in [0, 0.05) is 17.4 Å². The molecule has 0 fully saturated rings. The molecule has 2 N–H and O–H groups in total. The number of aromatic carboxylic acids is 1. The summed E-state index contributed by atoms with van der Waals surface area (Å²) in [6, 6.07) is 12.9. The lowest BCUT2D eigenvalue weighted by molar-refractivity contribution is -0.274. The highest BCUT2D eigenvalue weighted by molar-refractivity contribution is 5.88. The van der Waals surface area contributed by atoms with Crippen LogP contribution in [0.25, 0.3) is 11.3 Å². The molecule has 3 rings (SSSR count). The number of aromatic nitrogens is 2. The van der Waals surface area contributed by atoms with Gasteiger partial charge < -0.3 is 15.2 Å². The van der Waals surface area contributed by atoms with E-state index in [1.807, 2.05) is 0 Å². The molecule has 0 atom stereocenters. The fourth-order valence-electron chi connectivity index (χ4n) is 2.23. The SMILES string of the molecule is O=C(O)c1ccc(Nc2nccc(-c3ccc(OC(F)(F)F)cc3)n2)cc1. The van der Waals surface area contributed by atoms with Crippen LogP contribution in [0.15, 0.2) is 60.8 Å². The van der Waals surface area contributed by atoms with Crippen molar-refractivity contribution in [1.29, 1.82) is 0 Å². The van der Waals surface area contributed by atoms with Crippen LogP contribution >= 0.6 is 0 Å². The van der Waals surface area contributed by atoms with Crippen LogP contribution < -0.4 is 10.1 Å². The third-order valence-corrected chi connectivity index (χ3v) is 3.43. The zero-order chi connectivity index (χ0) is 19.4. The molecule has 138 valence electrons. The minimum atomic E-state index is -4.75. The highest BCUT2D eigenvalue weighted by atomic mass is 19.4. The first-order valence-corrected chi connectivity index (χ1v) is 7.60. The molecular weight excluding hydrogens is 363 g/mol. The van der Waals surface area contributed by atoms with Crippen molar-refractivity contribution in [3.63, 3.8) is 0 Å². The lowest BCUT2D eigenvalue weighted by atomic mass is 10.1. The van der Waals surface area contributed by atoms with Gasteiger partial charge in [0.2, 0.25) is 5.95 Å². The Hall–Kier alpha value is -3.62. The number of benzene rings is 2. The number of nitrogens with one attached hydrogen (secondary N) is 1. The zero-order valence-corrected chi connectivity index (χ0v) is 13.6. The van der Waals surface area contributed by atoms with Crippen molar-refractivity contribution < 1.29 is 27.8 Å². The smallest absolute Gasteiger partial charge is 0.478 e. The monoisotopic (exact) mass is 375 g/mol. The van der Waals surface area contributed by atoms with Crippen molar-refractivity contribution in [3.8, 4) is 17.0 Å². The summed E-state index contributed by atoms with van der Waals surface area (Å²) in [7, 11) is 0. The number of hydrogen-bond donors (Lipinski definition) is 2. The summed E-state index contributed by atoms with van der Waals surface area (Å²) in [6.45, 7) is 0. The second kappa shape index (κ2) is 7.32. The zero-order valence-electron chi connectivity index (χ0n) is 13.6. The Morgan fingerprint density at radius 3 is 2.26 bits per heavy atom. The van der Waals surface area contributed by atoms with Crippen molar-refractivity contribution in [2.24, 2.45) is 0 Å². The third kappa shape index (κ3) is 4.94. The Labute approximate surface area is 151 Å². The molecule has 2 aromatic carbocycles. The predicted molar refractivity (Wildman–Crippen MR) is 90.8 cm³/mol. The molecule has 0 radical (unpaired) electrons. The van der Waals surface area contributed by atoms with Gasteiger partial charge in [0.05, 0.1) is 11.3 Å². The van der Waals surface area contributed by atoms with Crippen LogP contribution in [0.2, 0.25) is 0 Å². The number of ether oxygens (including phenoxy) is 1. The molecule has 0 aliphatic carbocycles. The van der Waals surface area contributed by atoms with Gasteiger partial charge in [-0.05, 0) is 54.6 Å². The maximum Gasteiger partial charge on any atom is 0.573 e. The molecule has 0 aliphatic heterocycles. The fourth-order valence-corrected chi connectivity index (χ4v) is 2.23. The summed E-state index contributed by atoms with van der Waals surface area (Å²) in [5.41, 5.74) is 1.81. The predicted octanol–water partition coefficient (Wildman–Crippen LogP) is 4.48. The van der Waals surface area contributed by atoms with Gasteiger partial charge in [-0.2, -0.15) is 0 Å². The van der Waals surface area contributed by atoms with Crippen molar-refractivity contribution in [1.82, 2.24) is 9.97 Å². The van der Waals surface area contributed by atoms with Crippen LogP contribution in [0.1, 0.15) is 10.4 Å². The molecule has 0 saturated carbocycles. The fraction of sp³-hybridized carbons (Fsp3) is 0.0556. The van der Waals surface area contributed by atoms with Crippen molar-refractivity contribution in [2.45, 2.75) is 6.36 Å². The number of alkyl halides is 3. The first-order valence-electron chi connectivity index (χ1n) is 7.60. The van der Waals surface area contributed by atoms with Crippen LogP contribution in [0.4, 0.5) is 24.8 Å². The van der Waals surface area contributed by atoms with Gasteiger partial charge >= 0.3 is 12.3 Å². The van der Waals surface area contributed by atoms with Crippen LogP contribution in [0.3, 0.4) is 0 Å². The van der Waals surface area contributed by atoms with Gasteiger partial charge in [-0.25, -0.2) is 14.8 Å². The molecule has 0 unspecified atom stereocenters. The molecule has 27 heavy (non-hydrogen) atoms. The number of halogens is 3. The van der Waals surface area contributed by atoms with E-state index in [0.717, 1.165) is 0 Å². The lowest BCUT2D eigenvalue weighted by Gasteiger charge is -2.10. The molecular formula is C18H12F3N3O3. The van der Waals surface area contributed by atoms with E-state index in [4.69, 9.17) is 5.11 Å². The number of carboxylic acid groups (broad SMARTS) is 1. The third-order valence-electron chi connectivity index (χ3n) is 3.43. The largest absolute Gasteiger partial charge is 0.573 e. The summed E-state index contributed by atoms with van der Waals surface area (Å²) in [5.74, 6) is -1.10. The number of rotatable bonds is 5. The van der Waals surface area contributed by atoms with Crippen molar-refractivity contribution in [3.05, 3.63) is 66.4 Å². The van der Waals surface area contributed by atoms with Gasteiger partial charge in [-0.15, -0.1) is 13.2 Å².